The van der Waals surface area contributed by atoms with Crippen molar-refractivity contribution in [2.75, 3.05) is 49.5 Å². The van der Waals surface area contributed by atoms with Gasteiger partial charge in [0.05, 0.1) is 5.69 Å². The first-order valence-electron chi connectivity index (χ1n) is 11.2. The maximum atomic E-state index is 14.0. The molecular formula is C24H27FN6O2S. The smallest absolute Gasteiger partial charge is 0.286 e. The first-order valence-corrected chi connectivity index (χ1v) is 12.0. The van der Waals surface area contributed by atoms with Crippen LogP contribution in [0.1, 0.15) is 31.6 Å². The monoisotopic (exact) mass is 482 g/mol. The fraction of sp³-hybridized carbons (Fsp3) is 0.333. The molecule has 1 aliphatic heterocycles. The van der Waals surface area contributed by atoms with Gasteiger partial charge in [-0.1, -0.05) is 29.5 Å². The van der Waals surface area contributed by atoms with Gasteiger partial charge in [-0.25, -0.2) is 4.39 Å². The Labute approximate surface area is 201 Å². The number of hydrogen-bond acceptors (Lipinski definition) is 7. The highest BCUT2D eigenvalue weighted by molar-refractivity contribution is 7.13. The highest BCUT2D eigenvalue weighted by Crippen LogP contribution is 2.20. The van der Waals surface area contributed by atoms with E-state index in [0.717, 1.165) is 39.1 Å². The van der Waals surface area contributed by atoms with E-state index in [9.17, 15) is 14.0 Å². The average molecular weight is 483 g/mol. The van der Waals surface area contributed by atoms with Crippen molar-refractivity contribution >= 4 is 34.5 Å². The lowest BCUT2D eigenvalue weighted by Crippen LogP contribution is -2.47. The van der Waals surface area contributed by atoms with Crippen LogP contribution in [0.3, 0.4) is 0 Å². The first-order chi connectivity index (χ1) is 16.5. The summed E-state index contributed by atoms with van der Waals surface area (Å²) in [4.78, 5) is 29.2. The number of para-hydroxylation sites is 1. The predicted octanol–water partition coefficient (Wildman–Crippen LogP) is 3.18. The van der Waals surface area contributed by atoms with E-state index in [4.69, 9.17) is 0 Å². The molecule has 2 heterocycles. The SMILES string of the molecule is Cc1nnc(C(=O)Nc2cccc(C(=O)NCCCN3CCN(c4ccccc4F)CC3)c2)s1. The normalized spacial score (nSPS) is 14.1. The van der Waals surface area contributed by atoms with Crippen LogP contribution in [0.4, 0.5) is 15.8 Å². The van der Waals surface area contributed by atoms with Crippen molar-refractivity contribution in [3.05, 3.63) is 69.9 Å². The highest BCUT2D eigenvalue weighted by Gasteiger charge is 2.19. The summed E-state index contributed by atoms with van der Waals surface area (Å²) in [7, 11) is 0. The van der Waals surface area contributed by atoms with Crippen molar-refractivity contribution in [3.63, 3.8) is 0 Å². The van der Waals surface area contributed by atoms with Gasteiger partial charge in [0.25, 0.3) is 11.8 Å². The van der Waals surface area contributed by atoms with Crippen LogP contribution in [0.25, 0.3) is 0 Å². The minimum absolute atomic E-state index is 0.183. The molecule has 178 valence electrons. The second kappa shape index (κ2) is 11.2. The van der Waals surface area contributed by atoms with Crippen molar-refractivity contribution in [1.29, 1.82) is 0 Å². The number of rotatable bonds is 8. The Morgan fingerprint density at radius 1 is 1.03 bits per heavy atom. The van der Waals surface area contributed by atoms with Gasteiger partial charge in [0, 0.05) is 44.0 Å². The Morgan fingerprint density at radius 3 is 2.56 bits per heavy atom. The van der Waals surface area contributed by atoms with Crippen molar-refractivity contribution in [2.24, 2.45) is 0 Å². The van der Waals surface area contributed by atoms with Gasteiger partial charge in [0.2, 0.25) is 5.01 Å². The highest BCUT2D eigenvalue weighted by atomic mass is 32.1. The molecule has 2 aromatic carbocycles. The molecule has 1 aromatic heterocycles. The minimum atomic E-state index is -0.349. The Morgan fingerprint density at radius 2 is 1.82 bits per heavy atom. The van der Waals surface area contributed by atoms with E-state index in [1.807, 2.05) is 12.1 Å². The molecule has 0 atom stereocenters. The number of anilines is 2. The predicted molar refractivity (Wildman–Crippen MR) is 131 cm³/mol. The molecule has 8 nitrogen and oxygen atoms in total. The number of aromatic nitrogens is 2. The molecule has 2 N–H and O–H groups in total. The molecule has 2 amide bonds. The molecule has 0 saturated carbocycles. The van der Waals surface area contributed by atoms with Gasteiger partial charge in [0.1, 0.15) is 10.8 Å². The molecule has 0 radical (unpaired) electrons. The maximum Gasteiger partial charge on any atom is 0.286 e. The van der Waals surface area contributed by atoms with E-state index < -0.39 is 0 Å². The second-order valence-corrected chi connectivity index (χ2v) is 9.23. The van der Waals surface area contributed by atoms with E-state index in [1.54, 1.807) is 37.3 Å². The lowest BCUT2D eigenvalue weighted by atomic mass is 10.2. The number of piperazine rings is 1. The standard InChI is InChI=1S/C24H27FN6O2S/c1-17-28-29-24(34-17)23(33)27-19-7-4-6-18(16-19)22(32)26-10-5-11-30-12-14-31(15-13-30)21-9-3-2-8-20(21)25/h2-4,6-9,16H,5,10-15H2,1H3,(H,26,32)(H,27,33). The lowest BCUT2D eigenvalue weighted by molar-refractivity contribution is 0.0950. The van der Waals surface area contributed by atoms with Crippen LogP contribution in [-0.2, 0) is 0 Å². The summed E-state index contributed by atoms with van der Waals surface area (Å²) >= 11 is 1.21. The molecular weight excluding hydrogens is 455 g/mol. The minimum Gasteiger partial charge on any atom is -0.367 e. The number of halogens is 1. The second-order valence-electron chi connectivity index (χ2n) is 8.05. The Kier molecular flexibility index (Phi) is 7.81. The van der Waals surface area contributed by atoms with Crippen LogP contribution in [-0.4, -0.2) is 66.2 Å². The molecule has 0 spiro atoms. The Balaban J connectivity index is 1.19. The molecule has 34 heavy (non-hydrogen) atoms. The van der Waals surface area contributed by atoms with Crippen LogP contribution in [0.15, 0.2) is 48.5 Å². The molecule has 4 rings (SSSR count). The zero-order valence-corrected chi connectivity index (χ0v) is 19.8. The topological polar surface area (TPSA) is 90.5 Å². The van der Waals surface area contributed by atoms with E-state index in [1.165, 1.54) is 17.4 Å². The number of aryl methyl sites for hydroxylation is 1. The van der Waals surface area contributed by atoms with Crippen LogP contribution >= 0.6 is 11.3 Å². The van der Waals surface area contributed by atoms with E-state index in [-0.39, 0.29) is 22.6 Å². The van der Waals surface area contributed by atoms with Gasteiger partial charge >= 0.3 is 0 Å². The summed E-state index contributed by atoms with van der Waals surface area (Å²) < 4.78 is 14.0. The number of carbonyl (C=O) groups is 2. The summed E-state index contributed by atoms with van der Waals surface area (Å²) in [6, 6.07) is 13.7. The van der Waals surface area contributed by atoms with Gasteiger partial charge in [-0.15, -0.1) is 10.2 Å². The van der Waals surface area contributed by atoms with Crippen LogP contribution in [0, 0.1) is 12.7 Å². The number of carbonyl (C=O) groups excluding carboxylic acids is 2. The third kappa shape index (κ3) is 6.15. The van der Waals surface area contributed by atoms with Gasteiger partial charge < -0.3 is 15.5 Å². The van der Waals surface area contributed by atoms with Crippen molar-refractivity contribution < 1.29 is 14.0 Å². The van der Waals surface area contributed by atoms with Crippen LogP contribution in [0.2, 0.25) is 0 Å². The quantitative estimate of drug-likeness (QED) is 0.480. The Bertz CT molecular complexity index is 1150. The first kappa shape index (κ1) is 23.8. The summed E-state index contributed by atoms with van der Waals surface area (Å²) in [6.07, 6.45) is 0.818. The molecule has 1 fully saturated rings. The largest absolute Gasteiger partial charge is 0.367 e. The molecule has 10 heteroatoms. The van der Waals surface area contributed by atoms with E-state index in [2.05, 4.69) is 30.6 Å². The van der Waals surface area contributed by atoms with Crippen molar-refractivity contribution in [1.82, 2.24) is 20.4 Å². The van der Waals surface area contributed by atoms with Crippen LogP contribution < -0.4 is 15.5 Å². The summed E-state index contributed by atoms with van der Waals surface area (Å²) in [5, 5.41) is 14.4. The third-order valence-corrected chi connectivity index (χ3v) is 6.44. The van der Waals surface area contributed by atoms with Gasteiger partial charge in [-0.05, 0) is 50.2 Å². The fourth-order valence-electron chi connectivity index (χ4n) is 3.84. The average Bonchev–Trinajstić information content (AvgIpc) is 3.29. The van der Waals surface area contributed by atoms with E-state index >= 15 is 0 Å². The maximum absolute atomic E-state index is 14.0. The number of amides is 2. The van der Waals surface area contributed by atoms with E-state index in [0.29, 0.717) is 28.5 Å². The summed E-state index contributed by atoms with van der Waals surface area (Å²) in [5.74, 6) is -0.719. The number of nitrogens with zero attached hydrogens (tertiary/aromatic N) is 4. The van der Waals surface area contributed by atoms with Gasteiger partial charge in [-0.3, -0.25) is 14.5 Å². The fourth-order valence-corrected chi connectivity index (χ4v) is 4.43. The van der Waals surface area contributed by atoms with Crippen LogP contribution in [0.5, 0.6) is 0 Å². The molecule has 1 saturated heterocycles. The van der Waals surface area contributed by atoms with Gasteiger partial charge in [-0.2, -0.15) is 0 Å². The third-order valence-electron chi connectivity index (χ3n) is 5.61. The molecule has 0 bridgehead atoms. The molecule has 0 aliphatic carbocycles. The molecule has 1 aliphatic rings. The van der Waals surface area contributed by atoms with Crippen molar-refractivity contribution in [3.8, 4) is 0 Å². The number of nitrogens with one attached hydrogen (secondary N) is 2. The zero-order valence-electron chi connectivity index (χ0n) is 19.0. The number of benzene rings is 2. The summed E-state index contributed by atoms with van der Waals surface area (Å²) in [5.41, 5.74) is 1.66. The lowest BCUT2D eigenvalue weighted by Gasteiger charge is -2.36. The Hall–Kier alpha value is -3.37. The summed E-state index contributed by atoms with van der Waals surface area (Å²) in [6.45, 7) is 6.47. The zero-order chi connectivity index (χ0) is 23.9. The molecule has 3 aromatic rings. The van der Waals surface area contributed by atoms with Crippen molar-refractivity contribution in [2.45, 2.75) is 13.3 Å². The molecule has 0 unspecified atom stereocenters. The number of hydrogen-bond donors (Lipinski definition) is 2. The van der Waals surface area contributed by atoms with Gasteiger partial charge in [0.15, 0.2) is 0 Å².